The fourth-order valence-corrected chi connectivity index (χ4v) is 5.62. The zero-order chi connectivity index (χ0) is 24.0. The Bertz CT molecular complexity index is 1030. The molecule has 7 nitrogen and oxygen atoms in total. The number of hydrogen-bond donors (Lipinski definition) is 2. The third-order valence-corrected chi connectivity index (χ3v) is 7.41. The maximum absolute atomic E-state index is 13.1. The van der Waals surface area contributed by atoms with Gasteiger partial charge in [-0.15, -0.1) is 0 Å². The van der Waals surface area contributed by atoms with E-state index in [1.807, 2.05) is 6.07 Å². The molecule has 5 rings (SSSR count). The summed E-state index contributed by atoms with van der Waals surface area (Å²) in [5.41, 5.74) is 4.12. The monoisotopic (exact) mass is 476 g/mol. The van der Waals surface area contributed by atoms with E-state index in [1.54, 1.807) is 4.90 Å². The summed E-state index contributed by atoms with van der Waals surface area (Å²) in [5, 5.41) is 5.88. The Morgan fingerprint density at radius 1 is 1.09 bits per heavy atom. The molecule has 0 spiro atoms. The Balaban J connectivity index is 1.19. The van der Waals surface area contributed by atoms with Crippen LogP contribution in [0, 0.1) is 11.8 Å². The van der Waals surface area contributed by atoms with Gasteiger partial charge >= 0.3 is 6.03 Å². The minimum atomic E-state index is -0.0894. The number of likely N-dealkylation sites (tertiary alicyclic amines) is 1. The van der Waals surface area contributed by atoms with Crippen molar-refractivity contribution in [2.75, 3.05) is 45.9 Å². The van der Waals surface area contributed by atoms with Crippen LogP contribution < -0.4 is 15.4 Å². The minimum absolute atomic E-state index is 0.0466. The fourth-order valence-electron chi connectivity index (χ4n) is 5.62. The number of nitrogens with one attached hydrogen (secondary N) is 2. The normalized spacial score (nSPS) is 22.1. The standard InChI is InChI=1S/C28H36N4O3/c33-27(29-11-13-32-14-12-30-28(32)34)25-15-22(18-31(19-25)17-21-5-2-1-3-6-21)20-35-26-10-9-23-7-4-8-24(23)16-26/h1-3,5-6,9-10,16,22,25H,4,7-8,11-15,17-20H2,(H,29,33)(H,30,34)/t22-,25+/m0/s1. The van der Waals surface area contributed by atoms with Crippen LogP contribution in [0.3, 0.4) is 0 Å². The summed E-state index contributed by atoms with van der Waals surface area (Å²) in [5.74, 6) is 1.20. The first-order valence-electron chi connectivity index (χ1n) is 13.0. The van der Waals surface area contributed by atoms with E-state index in [0.717, 1.165) is 38.2 Å². The molecule has 0 unspecified atom stereocenters. The van der Waals surface area contributed by atoms with Crippen LogP contribution in [0.25, 0.3) is 0 Å². The lowest BCUT2D eigenvalue weighted by atomic mass is 9.88. The first-order valence-corrected chi connectivity index (χ1v) is 13.0. The van der Waals surface area contributed by atoms with Crippen molar-refractivity contribution < 1.29 is 14.3 Å². The lowest BCUT2D eigenvalue weighted by Gasteiger charge is -2.37. The Hall–Kier alpha value is -3.06. The number of carbonyl (C=O) groups is 2. The van der Waals surface area contributed by atoms with Gasteiger partial charge in [0, 0.05) is 51.7 Å². The molecule has 0 aromatic heterocycles. The molecule has 2 N–H and O–H groups in total. The molecule has 2 fully saturated rings. The maximum atomic E-state index is 13.1. The molecule has 2 saturated heterocycles. The largest absolute Gasteiger partial charge is 0.493 e. The van der Waals surface area contributed by atoms with Gasteiger partial charge in [0.25, 0.3) is 0 Å². The highest BCUT2D eigenvalue weighted by Gasteiger charge is 2.32. The zero-order valence-electron chi connectivity index (χ0n) is 20.4. The van der Waals surface area contributed by atoms with E-state index in [0.29, 0.717) is 32.8 Å². The number of ether oxygens (including phenoxy) is 1. The van der Waals surface area contributed by atoms with Crippen LogP contribution in [-0.2, 0) is 24.2 Å². The molecule has 0 saturated carbocycles. The molecule has 2 heterocycles. The third-order valence-electron chi connectivity index (χ3n) is 7.41. The van der Waals surface area contributed by atoms with Crippen LogP contribution in [0.2, 0.25) is 0 Å². The summed E-state index contributed by atoms with van der Waals surface area (Å²) in [6, 6.07) is 16.9. The molecule has 2 atom stereocenters. The second-order valence-corrected chi connectivity index (χ2v) is 10.1. The summed E-state index contributed by atoms with van der Waals surface area (Å²) in [6.45, 7) is 5.50. The van der Waals surface area contributed by atoms with E-state index >= 15 is 0 Å². The smallest absolute Gasteiger partial charge is 0.317 e. The van der Waals surface area contributed by atoms with Gasteiger partial charge in [-0.25, -0.2) is 4.79 Å². The summed E-state index contributed by atoms with van der Waals surface area (Å²) < 4.78 is 6.25. The molecular weight excluding hydrogens is 440 g/mol. The Labute approximate surface area is 207 Å². The lowest BCUT2D eigenvalue weighted by Crippen LogP contribution is -2.48. The Morgan fingerprint density at radius 2 is 1.94 bits per heavy atom. The van der Waals surface area contributed by atoms with Crippen LogP contribution in [-0.4, -0.2) is 67.6 Å². The van der Waals surface area contributed by atoms with E-state index in [9.17, 15) is 9.59 Å². The number of nitrogens with zero attached hydrogens (tertiary/aromatic N) is 2. The number of fused-ring (bicyclic) bond motifs is 1. The molecule has 1 aliphatic carbocycles. The highest BCUT2D eigenvalue weighted by molar-refractivity contribution is 5.79. The van der Waals surface area contributed by atoms with Gasteiger partial charge < -0.3 is 20.3 Å². The van der Waals surface area contributed by atoms with Crippen molar-refractivity contribution in [2.24, 2.45) is 11.8 Å². The minimum Gasteiger partial charge on any atom is -0.493 e. The van der Waals surface area contributed by atoms with Crippen LogP contribution >= 0.6 is 0 Å². The van der Waals surface area contributed by atoms with Crippen molar-refractivity contribution in [3.05, 3.63) is 65.2 Å². The summed E-state index contributed by atoms with van der Waals surface area (Å²) in [6.07, 6.45) is 4.36. The van der Waals surface area contributed by atoms with Crippen LogP contribution in [0.15, 0.2) is 48.5 Å². The number of carbonyl (C=O) groups excluding carboxylic acids is 2. The van der Waals surface area contributed by atoms with Crippen molar-refractivity contribution in [3.8, 4) is 5.75 Å². The van der Waals surface area contributed by atoms with E-state index in [2.05, 4.69) is 58.0 Å². The quantitative estimate of drug-likeness (QED) is 0.584. The molecule has 0 radical (unpaired) electrons. The molecule has 7 heteroatoms. The van der Waals surface area contributed by atoms with Crippen LogP contribution in [0.5, 0.6) is 5.75 Å². The fraction of sp³-hybridized carbons (Fsp3) is 0.500. The number of amides is 3. The molecule has 2 aromatic rings. The van der Waals surface area contributed by atoms with E-state index in [1.165, 1.54) is 29.5 Å². The number of aryl methyl sites for hydroxylation is 2. The van der Waals surface area contributed by atoms with Crippen molar-refractivity contribution in [1.82, 2.24) is 20.4 Å². The second-order valence-electron chi connectivity index (χ2n) is 10.1. The molecule has 35 heavy (non-hydrogen) atoms. The van der Waals surface area contributed by atoms with Gasteiger partial charge in [-0.1, -0.05) is 36.4 Å². The van der Waals surface area contributed by atoms with Crippen molar-refractivity contribution >= 4 is 11.9 Å². The first-order chi connectivity index (χ1) is 17.1. The molecule has 2 aromatic carbocycles. The molecular formula is C28H36N4O3. The lowest BCUT2D eigenvalue weighted by molar-refractivity contribution is -0.127. The van der Waals surface area contributed by atoms with Gasteiger partial charge in [0.2, 0.25) is 5.91 Å². The van der Waals surface area contributed by atoms with Gasteiger partial charge in [-0.3, -0.25) is 9.69 Å². The number of piperidine rings is 1. The van der Waals surface area contributed by atoms with E-state index in [4.69, 9.17) is 4.74 Å². The summed E-state index contributed by atoms with van der Waals surface area (Å²) >= 11 is 0. The Morgan fingerprint density at radius 3 is 2.77 bits per heavy atom. The predicted molar refractivity (Wildman–Crippen MR) is 135 cm³/mol. The molecule has 3 aliphatic rings. The Kier molecular flexibility index (Phi) is 7.52. The van der Waals surface area contributed by atoms with Crippen molar-refractivity contribution in [3.63, 3.8) is 0 Å². The van der Waals surface area contributed by atoms with Gasteiger partial charge in [0.05, 0.1) is 12.5 Å². The van der Waals surface area contributed by atoms with Crippen molar-refractivity contribution in [1.29, 1.82) is 0 Å². The van der Waals surface area contributed by atoms with Crippen LogP contribution in [0.4, 0.5) is 4.79 Å². The average molecular weight is 477 g/mol. The van der Waals surface area contributed by atoms with E-state index in [-0.39, 0.29) is 23.8 Å². The number of benzene rings is 2. The first kappa shape index (κ1) is 23.7. The number of urea groups is 1. The third kappa shape index (κ3) is 6.14. The summed E-state index contributed by atoms with van der Waals surface area (Å²) in [7, 11) is 0. The molecule has 0 bridgehead atoms. The number of rotatable bonds is 9. The highest BCUT2D eigenvalue weighted by atomic mass is 16.5. The van der Waals surface area contributed by atoms with Gasteiger partial charge in [-0.05, 0) is 54.5 Å². The van der Waals surface area contributed by atoms with Crippen LogP contribution in [0.1, 0.15) is 29.5 Å². The van der Waals surface area contributed by atoms with Gasteiger partial charge in [-0.2, -0.15) is 0 Å². The van der Waals surface area contributed by atoms with E-state index < -0.39 is 0 Å². The number of hydrogen-bond acceptors (Lipinski definition) is 4. The summed E-state index contributed by atoms with van der Waals surface area (Å²) in [4.78, 5) is 29.0. The highest BCUT2D eigenvalue weighted by Crippen LogP contribution is 2.28. The van der Waals surface area contributed by atoms with Crippen molar-refractivity contribution in [2.45, 2.75) is 32.2 Å². The molecule has 2 aliphatic heterocycles. The zero-order valence-corrected chi connectivity index (χ0v) is 20.4. The average Bonchev–Trinajstić information content (AvgIpc) is 3.51. The van der Waals surface area contributed by atoms with Gasteiger partial charge in [0.15, 0.2) is 0 Å². The van der Waals surface area contributed by atoms with Gasteiger partial charge in [0.1, 0.15) is 5.75 Å². The second kappa shape index (κ2) is 11.1. The molecule has 186 valence electrons. The SMILES string of the molecule is O=C(NCCN1CCNC1=O)[C@@H]1C[C@H](COc2ccc3c(c2)CCC3)CN(Cc2ccccc2)C1. The predicted octanol–water partition coefficient (Wildman–Crippen LogP) is 2.83. The maximum Gasteiger partial charge on any atom is 0.317 e. The topological polar surface area (TPSA) is 73.9 Å². The molecule has 3 amide bonds.